The lowest BCUT2D eigenvalue weighted by atomic mass is 10.1. The highest BCUT2D eigenvalue weighted by molar-refractivity contribution is 9.10. The third-order valence-electron chi connectivity index (χ3n) is 2.53. The monoisotopic (exact) mass is 287 g/mol. The van der Waals surface area contributed by atoms with Gasteiger partial charge in [0, 0.05) is 18.7 Å². The van der Waals surface area contributed by atoms with E-state index in [1.807, 2.05) is 19.2 Å². The Morgan fingerprint density at radius 3 is 2.19 bits per heavy atom. The number of likely N-dealkylation sites (N-methyl/N-ethyl adjacent to an activating group) is 1. The highest BCUT2D eigenvalue weighted by atomic mass is 79.9. The van der Waals surface area contributed by atoms with Gasteiger partial charge in [-0.15, -0.1) is 0 Å². The lowest BCUT2D eigenvalue weighted by Gasteiger charge is -2.24. The second-order valence-electron chi connectivity index (χ2n) is 3.57. The van der Waals surface area contributed by atoms with Crippen LogP contribution in [0.15, 0.2) is 28.7 Å². The Morgan fingerprint density at radius 2 is 1.75 bits per heavy atom. The molecule has 1 unspecified atom stereocenters. The smallest absolute Gasteiger partial charge is 0.172 e. The fraction of sp³-hybridized carbons (Fsp3) is 0.500. The molecule has 1 aromatic carbocycles. The molecule has 0 saturated heterocycles. The van der Waals surface area contributed by atoms with Crippen LogP contribution in [0.1, 0.15) is 5.56 Å². The first-order chi connectivity index (χ1) is 7.71. The molecule has 0 spiro atoms. The van der Waals surface area contributed by atoms with Crippen LogP contribution in [0.3, 0.4) is 0 Å². The van der Waals surface area contributed by atoms with Crippen molar-refractivity contribution in [2.75, 3.05) is 21.3 Å². The number of benzene rings is 1. The first-order valence-electron chi connectivity index (χ1n) is 5.18. The van der Waals surface area contributed by atoms with E-state index >= 15 is 0 Å². The van der Waals surface area contributed by atoms with Gasteiger partial charge in [-0.2, -0.15) is 0 Å². The van der Waals surface area contributed by atoms with E-state index in [9.17, 15) is 0 Å². The average molecular weight is 288 g/mol. The fourth-order valence-corrected chi connectivity index (χ4v) is 1.90. The van der Waals surface area contributed by atoms with Crippen molar-refractivity contribution >= 4 is 15.9 Å². The standard InChI is InChI=1S/C12H18BrNO2/c1-14-11(12(15-2)16-3)8-9-4-6-10(13)7-5-9/h4-7,11-12,14H,8H2,1-3H3. The van der Waals surface area contributed by atoms with Gasteiger partial charge in [-0.3, -0.25) is 0 Å². The lowest BCUT2D eigenvalue weighted by molar-refractivity contribution is -0.121. The first-order valence-corrected chi connectivity index (χ1v) is 5.98. The maximum absolute atomic E-state index is 5.25. The van der Waals surface area contributed by atoms with Gasteiger partial charge in [-0.05, 0) is 31.2 Å². The molecule has 1 aromatic rings. The molecule has 0 aliphatic carbocycles. The summed E-state index contributed by atoms with van der Waals surface area (Å²) >= 11 is 3.42. The zero-order chi connectivity index (χ0) is 12.0. The van der Waals surface area contributed by atoms with Crippen LogP contribution in [0, 0.1) is 0 Å². The Kier molecular flexibility index (Phi) is 5.98. The van der Waals surface area contributed by atoms with Crippen LogP contribution in [-0.2, 0) is 15.9 Å². The van der Waals surface area contributed by atoms with Crippen LogP contribution in [0.25, 0.3) is 0 Å². The van der Waals surface area contributed by atoms with E-state index in [2.05, 4.69) is 33.4 Å². The summed E-state index contributed by atoms with van der Waals surface area (Å²) in [6.07, 6.45) is 0.643. The highest BCUT2D eigenvalue weighted by Crippen LogP contribution is 2.13. The van der Waals surface area contributed by atoms with Crippen molar-refractivity contribution in [3.05, 3.63) is 34.3 Å². The van der Waals surface area contributed by atoms with Gasteiger partial charge < -0.3 is 14.8 Å². The molecule has 0 radical (unpaired) electrons. The first kappa shape index (κ1) is 13.6. The molecule has 1 N–H and O–H groups in total. The van der Waals surface area contributed by atoms with Crippen LogP contribution >= 0.6 is 15.9 Å². The van der Waals surface area contributed by atoms with Gasteiger partial charge in [-0.25, -0.2) is 0 Å². The Labute approximate surface area is 105 Å². The van der Waals surface area contributed by atoms with Gasteiger partial charge in [0.05, 0.1) is 6.04 Å². The van der Waals surface area contributed by atoms with Gasteiger partial charge in [-0.1, -0.05) is 28.1 Å². The predicted octanol–water partition coefficient (Wildman–Crippen LogP) is 2.20. The van der Waals surface area contributed by atoms with Crippen LogP contribution in [0.2, 0.25) is 0 Å². The third kappa shape index (κ3) is 3.87. The quantitative estimate of drug-likeness (QED) is 0.814. The van der Waals surface area contributed by atoms with Crippen molar-refractivity contribution < 1.29 is 9.47 Å². The number of rotatable bonds is 6. The fourth-order valence-electron chi connectivity index (χ4n) is 1.63. The third-order valence-corrected chi connectivity index (χ3v) is 3.06. The topological polar surface area (TPSA) is 30.5 Å². The molecule has 16 heavy (non-hydrogen) atoms. The van der Waals surface area contributed by atoms with E-state index in [4.69, 9.17) is 9.47 Å². The molecule has 0 bridgehead atoms. The number of hydrogen-bond acceptors (Lipinski definition) is 3. The van der Waals surface area contributed by atoms with Crippen molar-refractivity contribution in [3.63, 3.8) is 0 Å². The average Bonchev–Trinajstić information content (AvgIpc) is 2.32. The molecule has 0 amide bonds. The number of hydrogen-bond donors (Lipinski definition) is 1. The van der Waals surface area contributed by atoms with Crippen LogP contribution < -0.4 is 5.32 Å². The Balaban J connectivity index is 2.65. The van der Waals surface area contributed by atoms with Gasteiger partial charge in [0.15, 0.2) is 6.29 Å². The second kappa shape index (κ2) is 7.01. The summed E-state index contributed by atoms with van der Waals surface area (Å²) in [7, 11) is 5.22. The maximum Gasteiger partial charge on any atom is 0.172 e. The number of methoxy groups -OCH3 is 2. The highest BCUT2D eigenvalue weighted by Gasteiger charge is 2.19. The van der Waals surface area contributed by atoms with E-state index in [0.717, 1.165) is 10.9 Å². The molecular weight excluding hydrogens is 270 g/mol. The van der Waals surface area contributed by atoms with Gasteiger partial charge in [0.25, 0.3) is 0 Å². The van der Waals surface area contributed by atoms with E-state index in [1.165, 1.54) is 5.56 Å². The summed E-state index contributed by atoms with van der Waals surface area (Å²) in [5.41, 5.74) is 1.25. The molecule has 90 valence electrons. The van der Waals surface area contributed by atoms with Crippen molar-refractivity contribution in [2.24, 2.45) is 0 Å². The summed E-state index contributed by atoms with van der Waals surface area (Å²) < 4.78 is 11.6. The van der Waals surface area contributed by atoms with E-state index in [1.54, 1.807) is 14.2 Å². The van der Waals surface area contributed by atoms with E-state index in [0.29, 0.717) is 0 Å². The molecule has 0 fully saturated rings. The Bertz CT molecular complexity index is 298. The summed E-state index contributed by atoms with van der Waals surface area (Å²) in [5, 5.41) is 3.21. The molecule has 4 heteroatoms. The largest absolute Gasteiger partial charge is 0.354 e. The Hall–Kier alpha value is -0.420. The Morgan fingerprint density at radius 1 is 1.19 bits per heavy atom. The number of ether oxygens (including phenoxy) is 2. The van der Waals surface area contributed by atoms with Crippen molar-refractivity contribution in [1.82, 2.24) is 5.32 Å². The normalized spacial score (nSPS) is 13.1. The van der Waals surface area contributed by atoms with Gasteiger partial charge in [0.1, 0.15) is 0 Å². The minimum Gasteiger partial charge on any atom is -0.354 e. The summed E-state index contributed by atoms with van der Waals surface area (Å²) in [6, 6.07) is 8.41. The zero-order valence-corrected chi connectivity index (χ0v) is 11.5. The van der Waals surface area contributed by atoms with Crippen molar-refractivity contribution in [3.8, 4) is 0 Å². The zero-order valence-electron chi connectivity index (χ0n) is 9.87. The summed E-state index contributed by atoms with van der Waals surface area (Å²) in [6.45, 7) is 0. The lowest BCUT2D eigenvalue weighted by Crippen LogP contribution is -2.41. The second-order valence-corrected chi connectivity index (χ2v) is 4.48. The number of nitrogens with one attached hydrogen (secondary N) is 1. The molecule has 1 atom stereocenters. The molecule has 0 aliphatic rings. The molecule has 0 aliphatic heterocycles. The van der Waals surface area contributed by atoms with Crippen LogP contribution in [0.4, 0.5) is 0 Å². The van der Waals surface area contributed by atoms with E-state index in [-0.39, 0.29) is 12.3 Å². The molecule has 0 saturated carbocycles. The maximum atomic E-state index is 5.25. The molecule has 3 nitrogen and oxygen atoms in total. The van der Waals surface area contributed by atoms with Gasteiger partial charge >= 0.3 is 0 Å². The molecule has 0 aromatic heterocycles. The van der Waals surface area contributed by atoms with Gasteiger partial charge in [0.2, 0.25) is 0 Å². The van der Waals surface area contributed by atoms with Crippen LogP contribution in [-0.4, -0.2) is 33.6 Å². The molecule has 1 rings (SSSR count). The summed E-state index contributed by atoms with van der Waals surface area (Å²) in [5.74, 6) is 0. The molecular formula is C12H18BrNO2. The minimum atomic E-state index is -0.228. The minimum absolute atomic E-state index is 0.149. The summed E-state index contributed by atoms with van der Waals surface area (Å²) in [4.78, 5) is 0. The SMILES string of the molecule is CNC(Cc1ccc(Br)cc1)C(OC)OC. The predicted molar refractivity (Wildman–Crippen MR) is 68.5 cm³/mol. The van der Waals surface area contributed by atoms with E-state index < -0.39 is 0 Å². The van der Waals surface area contributed by atoms with Crippen LogP contribution in [0.5, 0.6) is 0 Å². The molecule has 0 heterocycles. The van der Waals surface area contributed by atoms with Crippen molar-refractivity contribution in [2.45, 2.75) is 18.8 Å². The number of halogens is 1. The van der Waals surface area contributed by atoms with Crippen molar-refractivity contribution in [1.29, 1.82) is 0 Å².